The lowest BCUT2D eigenvalue weighted by Crippen LogP contribution is -2.42. The van der Waals surface area contributed by atoms with Crippen molar-refractivity contribution in [1.29, 1.82) is 0 Å². The first-order valence-corrected chi connectivity index (χ1v) is 8.92. The number of rotatable bonds is 6. The van der Waals surface area contributed by atoms with Crippen molar-refractivity contribution >= 4 is 15.9 Å². The molecule has 0 bridgehead atoms. The second-order valence-corrected chi connectivity index (χ2v) is 7.12. The molecule has 0 spiro atoms. The van der Waals surface area contributed by atoms with Crippen molar-refractivity contribution in [1.82, 2.24) is 10.3 Å². The van der Waals surface area contributed by atoms with Crippen LogP contribution in [0.5, 0.6) is 0 Å². The minimum Gasteiger partial charge on any atom is -0.491 e. The third-order valence-corrected chi connectivity index (χ3v) is 4.45. The normalized spacial score (nSPS) is 14.8. The summed E-state index contributed by atoms with van der Waals surface area (Å²) in [6, 6.07) is 4.91. The van der Waals surface area contributed by atoms with Gasteiger partial charge in [-0.05, 0) is 51.0 Å². The topological polar surface area (TPSA) is 84.5 Å². The van der Waals surface area contributed by atoms with Crippen molar-refractivity contribution in [3.05, 3.63) is 53.6 Å². The van der Waals surface area contributed by atoms with Crippen LogP contribution in [0.4, 0.5) is 4.39 Å². The molecule has 0 aromatic heterocycles. The Balaban J connectivity index is 0.00000312. The van der Waals surface area contributed by atoms with E-state index in [1.165, 1.54) is 12.1 Å². The third-order valence-electron chi connectivity index (χ3n) is 3.16. The minimum absolute atomic E-state index is 0. The van der Waals surface area contributed by atoms with Crippen LogP contribution >= 0.6 is 0 Å². The highest BCUT2D eigenvalue weighted by molar-refractivity contribution is 7.89. The molecule has 0 unspecified atom stereocenters. The maximum Gasteiger partial charge on any atom is 0.262 e. The summed E-state index contributed by atoms with van der Waals surface area (Å²) in [7, 11) is -4.19. The Hall–Kier alpha value is -2.19. The van der Waals surface area contributed by atoms with Gasteiger partial charge in [-0.1, -0.05) is 12.1 Å². The molecule has 0 radical (unpaired) electrons. The summed E-state index contributed by atoms with van der Waals surface area (Å²) in [5, 5.41) is 0. The Labute approximate surface area is 143 Å². The van der Waals surface area contributed by atoms with Gasteiger partial charge in [0.1, 0.15) is 16.5 Å². The fourth-order valence-corrected chi connectivity index (χ4v) is 3.04. The minimum atomic E-state index is -4.19. The monoisotopic (exact) mass is 358 g/mol. The molecular weight excluding hydrogens is 335 g/mol. The number of carbonyl (C=O) groups excluding carboxylic acids is 1. The van der Waals surface area contributed by atoms with E-state index >= 15 is 0 Å². The standard InChI is InChI=1S/C16H19FN2O4S.2H2/c1-11(2)23-13-7-5-6-12(10-13)16(20)18-19-24(21,22)15-9-4-3-8-14(15)17;;/h3-4,7-11,19H,5-6H2,1-2H3,(H,18,20);2*1H. The smallest absolute Gasteiger partial charge is 0.262 e. The predicted molar refractivity (Wildman–Crippen MR) is 90.7 cm³/mol. The second kappa shape index (κ2) is 7.59. The molecule has 1 aromatic rings. The van der Waals surface area contributed by atoms with Crippen LogP contribution in [0.15, 0.2) is 52.6 Å². The number of sulfonamides is 1. The number of nitrogens with one attached hydrogen (secondary N) is 2. The SMILES string of the molecule is CC(C)OC1=CCCC(C(=O)NNS(=O)(=O)c2ccccc2F)=C1.[HH].[HH]. The van der Waals surface area contributed by atoms with Crippen LogP contribution in [0.3, 0.4) is 0 Å². The number of benzene rings is 1. The first-order valence-electron chi connectivity index (χ1n) is 7.43. The zero-order valence-electron chi connectivity index (χ0n) is 13.4. The largest absolute Gasteiger partial charge is 0.491 e. The fourth-order valence-electron chi connectivity index (χ4n) is 2.12. The first kappa shape index (κ1) is 18.2. The summed E-state index contributed by atoms with van der Waals surface area (Å²) in [4.78, 5) is 13.5. The molecule has 1 aromatic carbocycles. The highest BCUT2D eigenvalue weighted by Crippen LogP contribution is 2.19. The van der Waals surface area contributed by atoms with Gasteiger partial charge >= 0.3 is 0 Å². The van der Waals surface area contributed by atoms with Crippen LogP contribution in [-0.2, 0) is 19.6 Å². The van der Waals surface area contributed by atoms with Gasteiger partial charge in [-0.15, -0.1) is 4.83 Å². The van der Waals surface area contributed by atoms with Gasteiger partial charge in [-0.25, -0.2) is 12.8 Å². The molecule has 6 nitrogen and oxygen atoms in total. The molecule has 1 aliphatic carbocycles. The lowest BCUT2D eigenvalue weighted by atomic mass is 10.0. The summed E-state index contributed by atoms with van der Waals surface area (Å²) in [6.45, 7) is 3.73. The quantitative estimate of drug-likeness (QED) is 0.766. The van der Waals surface area contributed by atoms with Crippen molar-refractivity contribution in [2.75, 3.05) is 0 Å². The van der Waals surface area contributed by atoms with Crippen molar-refractivity contribution in [3.8, 4) is 0 Å². The van der Waals surface area contributed by atoms with Gasteiger partial charge in [0.25, 0.3) is 15.9 Å². The van der Waals surface area contributed by atoms with E-state index < -0.39 is 26.6 Å². The molecule has 1 amide bonds. The number of hydrazine groups is 1. The van der Waals surface area contributed by atoms with Crippen LogP contribution in [0, 0.1) is 5.82 Å². The van der Waals surface area contributed by atoms with Crippen LogP contribution in [-0.4, -0.2) is 20.4 Å². The molecule has 0 atom stereocenters. The lowest BCUT2D eigenvalue weighted by Gasteiger charge is -2.17. The molecule has 8 heteroatoms. The zero-order chi connectivity index (χ0) is 17.7. The third kappa shape index (κ3) is 4.65. The van der Waals surface area contributed by atoms with E-state index in [2.05, 4.69) is 5.43 Å². The first-order chi connectivity index (χ1) is 11.3. The average molecular weight is 358 g/mol. The van der Waals surface area contributed by atoms with E-state index in [0.717, 1.165) is 12.1 Å². The number of ether oxygens (including phenoxy) is 1. The van der Waals surface area contributed by atoms with E-state index in [-0.39, 0.29) is 8.96 Å². The van der Waals surface area contributed by atoms with Crippen molar-refractivity contribution in [2.24, 2.45) is 0 Å². The Morgan fingerprint density at radius 3 is 2.71 bits per heavy atom. The number of allylic oxidation sites excluding steroid dienone is 2. The molecule has 24 heavy (non-hydrogen) atoms. The molecule has 0 saturated heterocycles. The van der Waals surface area contributed by atoms with Gasteiger partial charge < -0.3 is 4.74 Å². The lowest BCUT2D eigenvalue weighted by molar-refractivity contribution is -0.118. The predicted octanol–water partition coefficient (Wildman–Crippen LogP) is 2.66. The number of halogens is 1. The molecular formula is C16H23FN2O4S. The molecule has 134 valence electrons. The van der Waals surface area contributed by atoms with E-state index in [0.29, 0.717) is 24.2 Å². The van der Waals surface area contributed by atoms with E-state index in [9.17, 15) is 17.6 Å². The Morgan fingerprint density at radius 1 is 1.33 bits per heavy atom. The molecule has 0 fully saturated rings. The van der Waals surface area contributed by atoms with Gasteiger partial charge in [-0.3, -0.25) is 10.2 Å². The highest BCUT2D eigenvalue weighted by atomic mass is 32.2. The Kier molecular flexibility index (Phi) is 5.74. The van der Waals surface area contributed by atoms with Gasteiger partial charge in [0.15, 0.2) is 0 Å². The maximum atomic E-state index is 13.6. The average Bonchev–Trinajstić information content (AvgIpc) is 2.52. The Bertz CT molecular complexity index is 795. The van der Waals surface area contributed by atoms with Crippen LogP contribution in [0.25, 0.3) is 0 Å². The maximum absolute atomic E-state index is 13.6. The van der Waals surface area contributed by atoms with Gasteiger partial charge in [0, 0.05) is 8.43 Å². The zero-order valence-corrected chi connectivity index (χ0v) is 14.2. The van der Waals surface area contributed by atoms with Gasteiger partial charge in [-0.2, -0.15) is 0 Å². The van der Waals surface area contributed by atoms with E-state index in [1.54, 1.807) is 6.08 Å². The van der Waals surface area contributed by atoms with E-state index in [1.807, 2.05) is 24.8 Å². The fraction of sp³-hybridized carbons (Fsp3) is 0.312. The van der Waals surface area contributed by atoms with Crippen molar-refractivity contribution in [2.45, 2.75) is 37.7 Å². The summed E-state index contributed by atoms with van der Waals surface area (Å²) in [5.74, 6) is -0.932. The van der Waals surface area contributed by atoms with Crippen LogP contribution < -0.4 is 10.3 Å². The van der Waals surface area contributed by atoms with Crippen molar-refractivity contribution < 1.29 is 25.2 Å². The Morgan fingerprint density at radius 2 is 2.04 bits per heavy atom. The van der Waals surface area contributed by atoms with E-state index in [4.69, 9.17) is 4.74 Å². The molecule has 2 N–H and O–H groups in total. The summed E-state index contributed by atoms with van der Waals surface area (Å²) in [6.07, 6.45) is 4.46. The number of amides is 1. The summed E-state index contributed by atoms with van der Waals surface area (Å²) in [5.41, 5.74) is 2.48. The van der Waals surface area contributed by atoms with Gasteiger partial charge in [0.2, 0.25) is 0 Å². The van der Waals surface area contributed by atoms with Crippen molar-refractivity contribution in [3.63, 3.8) is 0 Å². The highest BCUT2D eigenvalue weighted by Gasteiger charge is 2.21. The number of hydrogen-bond donors (Lipinski definition) is 2. The number of carbonyl (C=O) groups is 1. The molecule has 0 heterocycles. The van der Waals surface area contributed by atoms with Crippen LogP contribution in [0.1, 0.15) is 29.5 Å². The van der Waals surface area contributed by atoms with Crippen LogP contribution in [0.2, 0.25) is 0 Å². The number of hydrogen-bond acceptors (Lipinski definition) is 4. The molecule has 0 aliphatic heterocycles. The van der Waals surface area contributed by atoms with Gasteiger partial charge in [0.05, 0.1) is 6.10 Å². The molecule has 0 saturated carbocycles. The second-order valence-electron chi connectivity index (χ2n) is 5.47. The summed E-state index contributed by atoms with van der Waals surface area (Å²) >= 11 is 0. The molecule has 1 aliphatic rings. The molecule has 2 rings (SSSR count). The summed E-state index contributed by atoms with van der Waals surface area (Å²) < 4.78 is 43.1.